The molecule has 0 bridgehead atoms. The first-order valence-corrected chi connectivity index (χ1v) is 9.01. The molecule has 1 aliphatic carbocycles. The lowest BCUT2D eigenvalue weighted by atomic mass is 9.80. The van der Waals surface area contributed by atoms with Gasteiger partial charge in [-0.1, -0.05) is 36.8 Å². The summed E-state index contributed by atoms with van der Waals surface area (Å²) in [4.78, 5) is 1.62. The Balaban J connectivity index is 1.80. The summed E-state index contributed by atoms with van der Waals surface area (Å²) in [6.45, 7) is 5.43. The van der Waals surface area contributed by atoms with Gasteiger partial charge < -0.3 is 5.32 Å². The molecule has 2 unspecified atom stereocenters. The van der Waals surface area contributed by atoms with Crippen molar-refractivity contribution in [1.82, 2.24) is 5.32 Å². The molecule has 0 saturated carbocycles. The molecule has 0 saturated heterocycles. The van der Waals surface area contributed by atoms with Gasteiger partial charge in [-0.25, -0.2) is 0 Å². The minimum Gasteiger partial charge on any atom is -0.313 e. The number of hydrogen-bond acceptors (Lipinski definition) is 2. The van der Waals surface area contributed by atoms with E-state index >= 15 is 0 Å². The third kappa shape index (κ3) is 3.38. The van der Waals surface area contributed by atoms with E-state index in [2.05, 4.69) is 54.9 Å². The lowest BCUT2D eigenvalue weighted by Crippen LogP contribution is -2.38. The molecule has 0 radical (unpaired) electrons. The van der Waals surface area contributed by atoms with Gasteiger partial charge in [0.25, 0.3) is 0 Å². The summed E-state index contributed by atoms with van der Waals surface area (Å²) in [6, 6.07) is 12.0. The molecule has 1 N–H and O–H groups in total. The fourth-order valence-corrected chi connectivity index (χ4v) is 4.53. The number of rotatable bonds is 5. The minimum atomic E-state index is 0.561. The number of nitrogens with one attached hydrogen (secondary N) is 1. The standard InChI is InChI=1S/C19H25NS/c1-3-20-18(13-15-9-7-14(2)8-10-15)16-5-4-6-19-17(16)11-12-21-19/h7-12,16,18,20H,3-6,13H2,1-2H3. The zero-order valence-corrected chi connectivity index (χ0v) is 13.9. The third-order valence-electron chi connectivity index (χ3n) is 4.63. The summed E-state index contributed by atoms with van der Waals surface area (Å²) < 4.78 is 0. The van der Waals surface area contributed by atoms with E-state index in [1.165, 1.54) is 30.4 Å². The molecule has 0 spiro atoms. The first kappa shape index (κ1) is 14.8. The van der Waals surface area contributed by atoms with Crippen LogP contribution in [0.2, 0.25) is 0 Å². The van der Waals surface area contributed by atoms with Crippen LogP contribution in [0.3, 0.4) is 0 Å². The normalized spacial score (nSPS) is 19.2. The topological polar surface area (TPSA) is 12.0 Å². The first-order chi connectivity index (χ1) is 10.3. The first-order valence-electron chi connectivity index (χ1n) is 8.13. The lowest BCUT2D eigenvalue weighted by Gasteiger charge is -2.31. The molecule has 1 aromatic heterocycles. The van der Waals surface area contributed by atoms with Crippen LogP contribution in [0.1, 0.15) is 47.3 Å². The zero-order valence-electron chi connectivity index (χ0n) is 13.1. The molecule has 0 amide bonds. The van der Waals surface area contributed by atoms with Crippen LogP contribution in [0.4, 0.5) is 0 Å². The highest BCUT2D eigenvalue weighted by atomic mass is 32.1. The predicted molar refractivity (Wildman–Crippen MR) is 92.3 cm³/mol. The Morgan fingerprint density at radius 2 is 2.05 bits per heavy atom. The Kier molecular flexibility index (Phi) is 4.77. The number of hydrogen-bond donors (Lipinski definition) is 1. The Morgan fingerprint density at radius 1 is 1.24 bits per heavy atom. The Labute approximate surface area is 132 Å². The van der Waals surface area contributed by atoms with Gasteiger partial charge in [0, 0.05) is 16.8 Å². The van der Waals surface area contributed by atoms with Crippen molar-refractivity contribution in [3.63, 3.8) is 0 Å². The van der Waals surface area contributed by atoms with E-state index in [1.807, 2.05) is 11.3 Å². The molecule has 21 heavy (non-hydrogen) atoms. The van der Waals surface area contributed by atoms with Gasteiger partial charge in [0.15, 0.2) is 0 Å². The lowest BCUT2D eigenvalue weighted by molar-refractivity contribution is 0.398. The van der Waals surface area contributed by atoms with Gasteiger partial charge in [0.1, 0.15) is 0 Å². The minimum absolute atomic E-state index is 0.561. The van der Waals surface area contributed by atoms with Gasteiger partial charge in [0.2, 0.25) is 0 Å². The van der Waals surface area contributed by atoms with Crippen LogP contribution in [0, 0.1) is 6.92 Å². The molecule has 2 aromatic rings. The number of thiophene rings is 1. The molecular formula is C19H25NS. The molecule has 112 valence electrons. The van der Waals surface area contributed by atoms with Crippen molar-refractivity contribution in [2.24, 2.45) is 0 Å². The zero-order chi connectivity index (χ0) is 14.7. The van der Waals surface area contributed by atoms with Crippen LogP contribution < -0.4 is 5.32 Å². The molecule has 0 aliphatic heterocycles. The average Bonchev–Trinajstić information content (AvgIpc) is 2.97. The van der Waals surface area contributed by atoms with Crippen molar-refractivity contribution in [3.05, 3.63) is 57.3 Å². The van der Waals surface area contributed by atoms with E-state index in [0.29, 0.717) is 12.0 Å². The van der Waals surface area contributed by atoms with Crippen LogP contribution in [0.15, 0.2) is 35.7 Å². The van der Waals surface area contributed by atoms with Gasteiger partial charge in [-0.3, -0.25) is 0 Å². The third-order valence-corrected chi connectivity index (χ3v) is 5.62. The summed E-state index contributed by atoms with van der Waals surface area (Å²) in [5, 5.41) is 6.03. The van der Waals surface area contributed by atoms with E-state index in [9.17, 15) is 0 Å². The molecule has 3 rings (SSSR count). The van der Waals surface area contributed by atoms with E-state index in [0.717, 1.165) is 13.0 Å². The van der Waals surface area contributed by atoms with Gasteiger partial charge in [-0.2, -0.15) is 0 Å². The molecule has 1 heterocycles. The van der Waals surface area contributed by atoms with E-state index in [1.54, 1.807) is 10.4 Å². The second kappa shape index (κ2) is 6.76. The van der Waals surface area contributed by atoms with Crippen LogP contribution >= 0.6 is 11.3 Å². The van der Waals surface area contributed by atoms with E-state index in [4.69, 9.17) is 0 Å². The van der Waals surface area contributed by atoms with Crippen molar-refractivity contribution in [3.8, 4) is 0 Å². The highest BCUT2D eigenvalue weighted by Gasteiger charge is 2.28. The largest absolute Gasteiger partial charge is 0.313 e. The second-order valence-corrected chi connectivity index (χ2v) is 7.15. The molecule has 1 aromatic carbocycles. The van der Waals surface area contributed by atoms with Crippen molar-refractivity contribution in [2.75, 3.05) is 6.54 Å². The number of likely N-dealkylation sites (N-methyl/N-ethyl adjacent to an activating group) is 1. The van der Waals surface area contributed by atoms with Crippen LogP contribution in [-0.4, -0.2) is 12.6 Å². The van der Waals surface area contributed by atoms with Gasteiger partial charge in [-0.15, -0.1) is 11.3 Å². The quantitative estimate of drug-likeness (QED) is 0.844. The summed E-state index contributed by atoms with van der Waals surface area (Å²) in [6.07, 6.45) is 5.09. The fourth-order valence-electron chi connectivity index (χ4n) is 3.54. The highest BCUT2D eigenvalue weighted by molar-refractivity contribution is 7.10. The maximum absolute atomic E-state index is 3.75. The monoisotopic (exact) mass is 299 g/mol. The molecule has 2 atom stereocenters. The second-order valence-electron chi connectivity index (χ2n) is 6.15. The van der Waals surface area contributed by atoms with Gasteiger partial charge >= 0.3 is 0 Å². The average molecular weight is 299 g/mol. The fraction of sp³-hybridized carbons (Fsp3) is 0.474. The molecule has 0 fully saturated rings. The van der Waals surface area contributed by atoms with Crippen LogP contribution in [-0.2, 0) is 12.8 Å². The number of fused-ring (bicyclic) bond motifs is 1. The maximum Gasteiger partial charge on any atom is 0.0176 e. The summed E-state index contributed by atoms with van der Waals surface area (Å²) in [5.41, 5.74) is 4.41. The highest BCUT2D eigenvalue weighted by Crippen LogP contribution is 2.37. The van der Waals surface area contributed by atoms with Gasteiger partial charge in [0.05, 0.1) is 0 Å². The van der Waals surface area contributed by atoms with E-state index < -0.39 is 0 Å². The molecular weight excluding hydrogens is 274 g/mol. The summed E-state index contributed by atoms with van der Waals surface area (Å²) in [5.74, 6) is 0.682. The van der Waals surface area contributed by atoms with Crippen molar-refractivity contribution in [2.45, 2.75) is 51.5 Å². The van der Waals surface area contributed by atoms with Crippen molar-refractivity contribution in [1.29, 1.82) is 0 Å². The maximum atomic E-state index is 3.75. The smallest absolute Gasteiger partial charge is 0.0176 e. The summed E-state index contributed by atoms with van der Waals surface area (Å²) in [7, 11) is 0. The van der Waals surface area contributed by atoms with Crippen LogP contribution in [0.25, 0.3) is 0 Å². The van der Waals surface area contributed by atoms with Gasteiger partial charge in [-0.05, 0) is 61.7 Å². The SMILES string of the molecule is CCNC(Cc1ccc(C)cc1)C1CCCc2sccc21. The Hall–Kier alpha value is -1.12. The van der Waals surface area contributed by atoms with E-state index in [-0.39, 0.29) is 0 Å². The molecule has 1 nitrogen and oxygen atoms in total. The summed E-state index contributed by atoms with van der Waals surface area (Å²) >= 11 is 1.95. The molecule has 1 aliphatic rings. The molecule has 2 heteroatoms. The predicted octanol–water partition coefficient (Wildman–Crippen LogP) is 4.70. The number of benzene rings is 1. The Bertz CT molecular complexity index is 570. The van der Waals surface area contributed by atoms with Crippen LogP contribution in [0.5, 0.6) is 0 Å². The van der Waals surface area contributed by atoms with Crippen molar-refractivity contribution >= 4 is 11.3 Å². The Morgan fingerprint density at radius 3 is 2.81 bits per heavy atom. The number of aryl methyl sites for hydroxylation is 2. The van der Waals surface area contributed by atoms with Crippen molar-refractivity contribution < 1.29 is 0 Å².